The Morgan fingerprint density at radius 2 is 1.78 bits per heavy atom. The molecule has 1 aromatic heterocycles. The number of nitrogens with one attached hydrogen (secondary N) is 2. The van der Waals surface area contributed by atoms with Crippen molar-refractivity contribution in [2.24, 2.45) is 0 Å². The number of aliphatic hydroxyl groups excluding tert-OH is 1. The normalized spacial score (nSPS) is 12.4. The highest BCUT2D eigenvalue weighted by Gasteiger charge is 2.28. The monoisotopic (exact) mass is 499 g/mol. The molecule has 0 aliphatic rings. The van der Waals surface area contributed by atoms with Gasteiger partial charge in [-0.15, -0.1) is 0 Å². The number of nitro groups is 1. The highest BCUT2D eigenvalue weighted by atomic mass is 16.6. The fourth-order valence-electron chi connectivity index (χ4n) is 3.29. The number of esters is 1. The zero-order valence-electron chi connectivity index (χ0n) is 18.8. The van der Waals surface area contributed by atoms with Gasteiger partial charge in [-0.05, 0) is 29.8 Å². The molecule has 3 rings (SSSR count). The molecule has 36 heavy (non-hydrogen) atoms. The second-order valence-electron chi connectivity index (χ2n) is 7.59. The van der Waals surface area contributed by atoms with Gasteiger partial charge in [-0.2, -0.15) is 0 Å². The van der Waals surface area contributed by atoms with E-state index in [2.05, 4.69) is 15.4 Å². The Morgan fingerprint density at radius 1 is 1.08 bits per heavy atom. The molecule has 0 fully saturated rings. The Balaban J connectivity index is 1.92. The molecule has 13 heteroatoms. The molecule has 1 unspecified atom stereocenters. The van der Waals surface area contributed by atoms with Gasteiger partial charge < -0.3 is 30.0 Å². The van der Waals surface area contributed by atoms with Crippen LogP contribution in [0.2, 0.25) is 0 Å². The predicted octanol–water partition coefficient (Wildman–Crippen LogP) is 0.398. The lowest BCUT2D eigenvalue weighted by Crippen LogP contribution is -2.54. The highest BCUT2D eigenvalue weighted by Crippen LogP contribution is 2.20. The quantitative estimate of drug-likeness (QED) is 0.138. The molecule has 2 aromatic carbocycles. The fourth-order valence-corrected chi connectivity index (χ4v) is 3.29. The molecule has 4 N–H and O–H groups in total. The molecule has 188 valence electrons. The molecule has 0 aliphatic heterocycles. The van der Waals surface area contributed by atoms with E-state index < -0.39 is 52.6 Å². The average Bonchev–Trinajstić information content (AvgIpc) is 2.86. The standard InChI is InChI=1S/C23H21N3O10/c1-35-23(32)18(11-27)25-21(30)17(8-12-2-5-15(28)6-3-12)24-20(29)16-10-13-9-14(26(33)34)4-7-19(13)36-22(16)31/h2-7,9-10,17-18,27-28H,8,11H2,1H3,(H,24,29)(H,25,30)/t17-,18?/m0/s1. The molecule has 0 spiro atoms. The van der Waals surface area contributed by atoms with Gasteiger partial charge in [0, 0.05) is 23.9 Å². The summed E-state index contributed by atoms with van der Waals surface area (Å²) in [5, 5.41) is 34.7. The number of nitrogens with zero attached hydrogens (tertiary/aromatic N) is 1. The smallest absolute Gasteiger partial charge is 0.349 e. The van der Waals surface area contributed by atoms with Crippen molar-refractivity contribution in [3.63, 3.8) is 0 Å². The average molecular weight is 499 g/mol. The van der Waals surface area contributed by atoms with Crippen LogP contribution in [0.25, 0.3) is 11.0 Å². The molecule has 2 amide bonds. The third kappa shape index (κ3) is 6.01. The number of hydrogen-bond donors (Lipinski definition) is 4. The van der Waals surface area contributed by atoms with Crippen LogP contribution < -0.4 is 16.3 Å². The Labute approximate surface area is 202 Å². The summed E-state index contributed by atoms with van der Waals surface area (Å²) >= 11 is 0. The van der Waals surface area contributed by atoms with Gasteiger partial charge in [-0.25, -0.2) is 9.59 Å². The zero-order chi connectivity index (χ0) is 26.4. The van der Waals surface area contributed by atoms with Gasteiger partial charge >= 0.3 is 11.6 Å². The second kappa shape index (κ2) is 11.1. The summed E-state index contributed by atoms with van der Waals surface area (Å²) in [6.07, 6.45) is -0.123. The van der Waals surface area contributed by atoms with Gasteiger partial charge in [0.05, 0.1) is 18.6 Å². The maximum absolute atomic E-state index is 13.0. The molecular weight excluding hydrogens is 478 g/mol. The van der Waals surface area contributed by atoms with E-state index >= 15 is 0 Å². The van der Waals surface area contributed by atoms with E-state index in [-0.39, 0.29) is 28.8 Å². The van der Waals surface area contributed by atoms with Crippen molar-refractivity contribution >= 4 is 34.4 Å². The first-order valence-corrected chi connectivity index (χ1v) is 10.4. The zero-order valence-corrected chi connectivity index (χ0v) is 18.8. The number of benzene rings is 2. The van der Waals surface area contributed by atoms with Crippen molar-refractivity contribution in [2.75, 3.05) is 13.7 Å². The van der Waals surface area contributed by atoms with Gasteiger partial charge in [0.2, 0.25) is 5.91 Å². The van der Waals surface area contributed by atoms with Crippen LogP contribution in [0.15, 0.2) is 57.7 Å². The van der Waals surface area contributed by atoms with E-state index in [1.54, 1.807) is 0 Å². The van der Waals surface area contributed by atoms with Gasteiger partial charge in [-0.1, -0.05) is 12.1 Å². The Bertz CT molecular complexity index is 1370. The first kappa shape index (κ1) is 25.8. The summed E-state index contributed by atoms with van der Waals surface area (Å²) in [6, 6.07) is 7.55. The Morgan fingerprint density at radius 3 is 2.39 bits per heavy atom. The summed E-state index contributed by atoms with van der Waals surface area (Å²) in [7, 11) is 1.07. The van der Waals surface area contributed by atoms with Crippen LogP contribution >= 0.6 is 0 Å². The van der Waals surface area contributed by atoms with Crippen LogP contribution in [0.3, 0.4) is 0 Å². The number of fused-ring (bicyclic) bond motifs is 1. The third-order valence-corrected chi connectivity index (χ3v) is 5.15. The van der Waals surface area contributed by atoms with Gasteiger partial charge in [0.15, 0.2) is 6.04 Å². The first-order valence-electron chi connectivity index (χ1n) is 10.4. The second-order valence-corrected chi connectivity index (χ2v) is 7.59. The number of aliphatic hydroxyl groups is 1. The lowest BCUT2D eigenvalue weighted by molar-refractivity contribution is -0.384. The van der Waals surface area contributed by atoms with Crippen LogP contribution in [0.4, 0.5) is 5.69 Å². The Kier molecular flexibility index (Phi) is 7.96. The van der Waals surface area contributed by atoms with Crippen LogP contribution in [-0.4, -0.2) is 58.7 Å². The van der Waals surface area contributed by atoms with Crippen molar-refractivity contribution < 1.29 is 38.7 Å². The van der Waals surface area contributed by atoms with E-state index in [0.717, 1.165) is 25.3 Å². The number of rotatable bonds is 9. The molecule has 3 aromatic rings. The summed E-state index contributed by atoms with van der Waals surface area (Å²) in [5.74, 6) is -2.84. The molecule has 1 heterocycles. The summed E-state index contributed by atoms with van der Waals surface area (Å²) < 4.78 is 9.61. The van der Waals surface area contributed by atoms with Crippen LogP contribution in [-0.2, 0) is 20.7 Å². The molecule has 0 saturated heterocycles. The third-order valence-electron chi connectivity index (χ3n) is 5.15. The number of phenols is 1. The molecule has 0 saturated carbocycles. The topological polar surface area (TPSA) is 198 Å². The molecule has 13 nitrogen and oxygen atoms in total. The lowest BCUT2D eigenvalue weighted by atomic mass is 10.0. The summed E-state index contributed by atoms with van der Waals surface area (Å²) in [6.45, 7) is -0.772. The number of methoxy groups -OCH3 is 1. The van der Waals surface area contributed by atoms with E-state index in [4.69, 9.17) is 4.42 Å². The molecule has 2 atom stereocenters. The number of nitro benzene ring substituents is 1. The molecular formula is C23H21N3O10. The number of aromatic hydroxyl groups is 1. The first-order chi connectivity index (χ1) is 17.1. The van der Waals surface area contributed by atoms with Crippen LogP contribution in [0, 0.1) is 10.1 Å². The van der Waals surface area contributed by atoms with Gasteiger partial charge in [-0.3, -0.25) is 19.7 Å². The highest BCUT2D eigenvalue weighted by molar-refractivity contribution is 6.00. The van der Waals surface area contributed by atoms with E-state index in [1.165, 1.54) is 30.3 Å². The summed E-state index contributed by atoms with van der Waals surface area (Å²) in [4.78, 5) is 60.5. The fraction of sp³-hybridized carbons (Fsp3) is 0.217. The van der Waals surface area contributed by atoms with E-state index in [1.807, 2.05) is 0 Å². The number of amides is 2. The van der Waals surface area contributed by atoms with Crippen molar-refractivity contribution in [1.82, 2.24) is 10.6 Å². The minimum atomic E-state index is -1.41. The maximum Gasteiger partial charge on any atom is 0.349 e. The minimum Gasteiger partial charge on any atom is -0.508 e. The van der Waals surface area contributed by atoms with Gasteiger partial charge in [0.1, 0.15) is 22.9 Å². The van der Waals surface area contributed by atoms with Gasteiger partial charge in [0.25, 0.3) is 11.6 Å². The predicted molar refractivity (Wildman–Crippen MR) is 123 cm³/mol. The summed E-state index contributed by atoms with van der Waals surface area (Å²) in [5.41, 5.74) is -1.32. The number of carbonyl (C=O) groups is 3. The molecule has 0 bridgehead atoms. The van der Waals surface area contributed by atoms with Crippen molar-refractivity contribution in [2.45, 2.75) is 18.5 Å². The minimum absolute atomic E-state index is 0.0180. The van der Waals surface area contributed by atoms with Crippen molar-refractivity contribution in [3.05, 3.63) is 80.2 Å². The van der Waals surface area contributed by atoms with E-state index in [9.17, 15) is 39.5 Å². The molecule has 0 aliphatic carbocycles. The van der Waals surface area contributed by atoms with E-state index in [0.29, 0.717) is 5.56 Å². The number of non-ortho nitro benzene ring substituents is 1. The number of carbonyl (C=O) groups excluding carboxylic acids is 3. The maximum atomic E-state index is 13.0. The number of ether oxygens (including phenoxy) is 1. The SMILES string of the molecule is COC(=O)C(CO)NC(=O)[C@H](Cc1ccc(O)cc1)NC(=O)c1cc2cc([N+](=O)[O-])ccc2oc1=O. The molecule has 0 radical (unpaired) electrons. The number of phenolic OH excluding ortho intramolecular Hbond substituents is 1. The van der Waals surface area contributed by atoms with Crippen molar-refractivity contribution in [1.29, 1.82) is 0 Å². The van der Waals surface area contributed by atoms with Crippen LogP contribution in [0.5, 0.6) is 5.75 Å². The van der Waals surface area contributed by atoms with Crippen molar-refractivity contribution in [3.8, 4) is 5.75 Å². The lowest BCUT2D eigenvalue weighted by Gasteiger charge is -2.21. The largest absolute Gasteiger partial charge is 0.508 e. The van der Waals surface area contributed by atoms with Crippen LogP contribution in [0.1, 0.15) is 15.9 Å². The number of hydrogen-bond acceptors (Lipinski definition) is 10. The Hall–Kier alpha value is -4.78.